The number of benzene rings is 1. The Bertz CT molecular complexity index is 750. The number of nitrogens with zero attached hydrogens (tertiary/aromatic N) is 3. The Kier molecular flexibility index (Phi) is 2.63. The second-order valence-electron chi connectivity index (χ2n) is 4.24. The van der Waals surface area contributed by atoms with Crippen molar-refractivity contribution >= 4 is 17.0 Å². The van der Waals surface area contributed by atoms with Gasteiger partial charge in [0.2, 0.25) is 5.95 Å². The number of nitrogens with one attached hydrogen (secondary N) is 2. The van der Waals surface area contributed by atoms with Crippen LogP contribution in [0.3, 0.4) is 0 Å². The molecule has 0 fully saturated rings. The summed E-state index contributed by atoms with van der Waals surface area (Å²) in [6.45, 7) is 1.92. The average Bonchev–Trinajstić information content (AvgIpc) is 2.88. The molecule has 3 aromatic rings. The molecule has 0 aliphatic heterocycles. The average molecular weight is 257 g/mol. The van der Waals surface area contributed by atoms with E-state index in [0.717, 1.165) is 16.5 Å². The fourth-order valence-electron chi connectivity index (χ4n) is 2.00. The number of halogens is 1. The number of rotatable bonds is 2. The van der Waals surface area contributed by atoms with Gasteiger partial charge in [-0.1, -0.05) is 6.07 Å². The van der Waals surface area contributed by atoms with Crippen molar-refractivity contribution in [1.82, 2.24) is 20.2 Å². The van der Waals surface area contributed by atoms with Gasteiger partial charge in [0.1, 0.15) is 5.82 Å². The van der Waals surface area contributed by atoms with Gasteiger partial charge >= 0.3 is 0 Å². The van der Waals surface area contributed by atoms with Gasteiger partial charge in [0.15, 0.2) is 5.65 Å². The highest BCUT2D eigenvalue weighted by Crippen LogP contribution is 2.29. The van der Waals surface area contributed by atoms with Crippen LogP contribution in [0.25, 0.3) is 22.3 Å². The molecule has 0 unspecified atom stereocenters. The van der Waals surface area contributed by atoms with Crippen molar-refractivity contribution in [3.63, 3.8) is 0 Å². The molecular formula is C13H12FN5. The highest BCUT2D eigenvalue weighted by atomic mass is 19.1. The lowest BCUT2D eigenvalue weighted by Gasteiger charge is -2.08. The molecule has 0 aliphatic rings. The van der Waals surface area contributed by atoms with E-state index < -0.39 is 0 Å². The molecule has 0 spiro atoms. The third kappa shape index (κ3) is 1.91. The van der Waals surface area contributed by atoms with E-state index in [-0.39, 0.29) is 5.82 Å². The van der Waals surface area contributed by atoms with Crippen LogP contribution in [-0.2, 0) is 0 Å². The number of hydrogen-bond acceptors (Lipinski definition) is 4. The van der Waals surface area contributed by atoms with Crippen molar-refractivity contribution in [2.75, 3.05) is 12.4 Å². The minimum Gasteiger partial charge on any atom is -0.357 e. The molecule has 0 saturated heterocycles. The zero-order chi connectivity index (χ0) is 13.4. The summed E-state index contributed by atoms with van der Waals surface area (Å²) < 4.78 is 13.5. The van der Waals surface area contributed by atoms with Gasteiger partial charge in [0.05, 0.1) is 17.3 Å². The number of aryl methyl sites for hydroxylation is 1. The van der Waals surface area contributed by atoms with E-state index in [1.54, 1.807) is 19.3 Å². The molecule has 3 rings (SSSR count). The van der Waals surface area contributed by atoms with Gasteiger partial charge < -0.3 is 5.32 Å². The van der Waals surface area contributed by atoms with Crippen LogP contribution in [-0.4, -0.2) is 27.2 Å². The van der Waals surface area contributed by atoms with Crippen molar-refractivity contribution in [1.29, 1.82) is 0 Å². The second kappa shape index (κ2) is 4.31. The smallest absolute Gasteiger partial charge is 0.225 e. The molecule has 19 heavy (non-hydrogen) atoms. The summed E-state index contributed by atoms with van der Waals surface area (Å²) >= 11 is 0. The summed E-state index contributed by atoms with van der Waals surface area (Å²) in [5.74, 6) is 0.178. The fourth-order valence-corrected chi connectivity index (χ4v) is 2.00. The van der Waals surface area contributed by atoms with E-state index in [9.17, 15) is 4.39 Å². The first kappa shape index (κ1) is 11.6. The van der Waals surface area contributed by atoms with E-state index in [2.05, 4.69) is 25.5 Å². The van der Waals surface area contributed by atoms with E-state index in [4.69, 9.17) is 0 Å². The number of fused-ring (bicyclic) bond motifs is 1. The first-order valence-corrected chi connectivity index (χ1v) is 5.84. The molecule has 0 amide bonds. The van der Waals surface area contributed by atoms with Gasteiger partial charge in [0, 0.05) is 12.6 Å². The number of aromatic nitrogens is 4. The van der Waals surface area contributed by atoms with Gasteiger partial charge in [-0.2, -0.15) is 10.1 Å². The quantitative estimate of drug-likeness (QED) is 0.740. The Morgan fingerprint density at radius 3 is 2.89 bits per heavy atom. The van der Waals surface area contributed by atoms with E-state index >= 15 is 0 Å². The molecule has 0 bridgehead atoms. The van der Waals surface area contributed by atoms with E-state index in [1.165, 1.54) is 12.1 Å². The summed E-state index contributed by atoms with van der Waals surface area (Å²) in [5.41, 5.74) is 2.98. The lowest BCUT2D eigenvalue weighted by Crippen LogP contribution is -1.99. The molecule has 0 saturated carbocycles. The minimum absolute atomic E-state index is 0.290. The van der Waals surface area contributed by atoms with Crippen LogP contribution in [0.15, 0.2) is 24.4 Å². The third-order valence-electron chi connectivity index (χ3n) is 2.99. The molecule has 1 aromatic carbocycles. The largest absolute Gasteiger partial charge is 0.357 e. The molecule has 6 heteroatoms. The Morgan fingerprint density at radius 1 is 1.26 bits per heavy atom. The van der Waals surface area contributed by atoms with Gasteiger partial charge in [0.25, 0.3) is 0 Å². The van der Waals surface area contributed by atoms with Gasteiger partial charge in [-0.25, -0.2) is 9.37 Å². The lowest BCUT2D eigenvalue weighted by atomic mass is 10.0. The van der Waals surface area contributed by atoms with Gasteiger partial charge in [-0.15, -0.1) is 0 Å². The summed E-state index contributed by atoms with van der Waals surface area (Å²) in [5, 5.41) is 10.4. The maximum absolute atomic E-state index is 13.5. The normalized spacial score (nSPS) is 10.9. The zero-order valence-electron chi connectivity index (χ0n) is 10.5. The standard InChI is InChI=1S/C13H12FN5/c1-7-3-4-8(14)5-9(7)11-10-6-16-19-12(10)18-13(15-2)17-11/h3-6H,1-2H3,(H2,15,16,17,18,19). The van der Waals surface area contributed by atoms with Crippen LogP contribution >= 0.6 is 0 Å². The summed E-state index contributed by atoms with van der Waals surface area (Å²) in [7, 11) is 1.74. The molecule has 0 atom stereocenters. The van der Waals surface area contributed by atoms with E-state index in [0.29, 0.717) is 17.3 Å². The van der Waals surface area contributed by atoms with Gasteiger partial charge in [-0.05, 0) is 24.6 Å². The SMILES string of the molecule is CNc1nc(-c2cc(F)ccc2C)c2cn[nH]c2n1. The van der Waals surface area contributed by atoms with E-state index in [1.807, 2.05) is 6.92 Å². The maximum Gasteiger partial charge on any atom is 0.225 e. The van der Waals surface area contributed by atoms with Crippen molar-refractivity contribution in [3.05, 3.63) is 35.8 Å². The Morgan fingerprint density at radius 2 is 2.11 bits per heavy atom. The topological polar surface area (TPSA) is 66.5 Å². The lowest BCUT2D eigenvalue weighted by molar-refractivity contribution is 0.628. The number of anilines is 1. The first-order chi connectivity index (χ1) is 9.19. The molecule has 96 valence electrons. The first-order valence-electron chi connectivity index (χ1n) is 5.84. The van der Waals surface area contributed by atoms with Crippen molar-refractivity contribution in [3.8, 4) is 11.3 Å². The van der Waals surface area contributed by atoms with Crippen LogP contribution in [0, 0.1) is 12.7 Å². The molecule has 2 heterocycles. The molecule has 0 aliphatic carbocycles. The van der Waals surface area contributed by atoms with Crippen molar-refractivity contribution < 1.29 is 4.39 Å². The van der Waals surface area contributed by atoms with Crippen molar-refractivity contribution in [2.45, 2.75) is 6.92 Å². The highest BCUT2D eigenvalue weighted by Gasteiger charge is 2.13. The van der Waals surface area contributed by atoms with Crippen LogP contribution < -0.4 is 5.32 Å². The molecule has 2 N–H and O–H groups in total. The third-order valence-corrected chi connectivity index (χ3v) is 2.99. The Hall–Kier alpha value is -2.50. The number of aromatic amines is 1. The fraction of sp³-hybridized carbons (Fsp3) is 0.154. The summed E-state index contributed by atoms with van der Waals surface area (Å²) in [4.78, 5) is 8.67. The zero-order valence-corrected chi connectivity index (χ0v) is 10.5. The summed E-state index contributed by atoms with van der Waals surface area (Å²) in [6, 6.07) is 4.65. The highest BCUT2D eigenvalue weighted by molar-refractivity contribution is 5.91. The second-order valence-corrected chi connectivity index (χ2v) is 4.24. The van der Waals surface area contributed by atoms with Crippen LogP contribution in [0.4, 0.5) is 10.3 Å². The predicted molar refractivity (Wildman–Crippen MR) is 71.4 cm³/mol. The van der Waals surface area contributed by atoms with Crippen LogP contribution in [0.1, 0.15) is 5.56 Å². The predicted octanol–water partition coefficient (Wildman–Crippen LogP) is 2.51. The molecule has 5 nitrogen and oxygen atoms in total. The molecule has 0 radical (unpaired) electrons. The molecule has 2 aromatic heterocycles. The number of H-pyrrole nitrogens is 1. The molecular weight excluding hydrogens is 245 g/mol. The summed E-state index contributed by atoms with van der Waals surface area (Å²) in [6.07, 6.45) is 1.65. The maximum atomic E-state index is 13.5. The minimum atomic E-state index is -0.290. The van der Waals surface area contributed by atoms with Crippen LogP contribution in [0.2, 0.25) is 0 Å². The Balaban J connectivity index is 2.34. The monoisotopic (exact) mass is 257 g/mol. The van der Waals surface area contributed by atoms with Crippen LogP contribution in [0.5, 0.6) is 0 Å². The Labute approximate surface area is 108 Å². The van der Waals surface area contributed by atoms with Crippen molar-refractivity contribution in [2.24, 2.45) is 0 Å². The number of hydrogen-bond donors (Lipinski definition) is 2. The van der Waals surface area contributed by atoms with Gasteiger partial charge in [-0.3, -0.25) is 5.10 Å².